The Morgan fingerprint density at radius 1 is 1.16 bits per heavy atom. The number of hydrogen-bond acceptors (Lipinski definition) is 3. The standard InChI is InChI=1S/C15H27NO2S/c1-14(2,3)12-6-7-15(16-8-4-5-9-16)11-19(17,18)13(15)10-12/h12-13H,4-11H2,1-3H3/t12-,13+,15-/m0/s1. The lowest BCUT2D eigenvalue weighted by Crippen LogP contribution is -2.73. The summed E-state index contributed by atoms with van der Waals surface area (Å²) in [4.78, 5) is 2.51. The highest BCUT2D eigenvalue weighted by Gasteiger charge is 2.63. The van der Waals surface area contributed by atoms with Crippen molar-refractivity contribution in [3.63, 3.8) is 0 Å². The van der Waals surface area contributed by atoms with Crippen LogP contribution in [0.25, 0.3) is 0 Å². The molecule has 2 saturated heterocycles. The molecule has 0 N–H and O–H groups in total. The Bertz CT molecular complexity index is 459. The molecular formula is C15H27NO2S. The molecule has 2 aliphatic heterocycles. The van der Waals surface area contributed by atoms with Crippen molar-refractivity contribution in [2.45, 2.75) is 63.7 Å². The van der Waals surface area contributed by atoms with E-state index < -0.39 is 9.84 Å². The Kier molecular flexibility index (Phi) is 3.07. The fourth-order valence-corrected chi connectivity index (χ4v) is 7.25. The third-order valence-corrected chi connectivity index (χ3v) is 8.27. The number of rotatable bonds is 1. The van der Waals surface area contributed by atoms with Crippen LogP contribution >= 0.6 is 0 Å². The number of sulfone groups is 1. The van der Waals surface area contributed by atoms with Crippen molar-refractivity contribution < 1.29 is 8.42 Å². The summed E-state index contributed by atoms with van der Waals surface area (Å²) in [5.41, 5.74) is 0.263. The third-order valence-electron chi connectivity index (χ3n) is 5.87. The average Bonchev–Trinajstić information content (AvgIpc) is 2.79. The van der Waals surface area contributed by atoms with Crippen LogP contribution in [0.1, 0.15) is 52.9 Å². The number of likely N-dealkylation sites (tertiary alicyclic amines) is 1. The van der Waals surface area contributed by atoms with E-state index in [2.05, 4.69) is 25.7 Å². The first kappa shape index (κ1) is 13.9. The minimum absolute atomic E-state index is 0.0249. The molecule has 0 bridgehead atoms. The number of hydrogen-bond donors (Lipinski definition) is 0. The fourth-order valence-electron chi connectivity index (χ4n) is 4.58. The monoisotopic (exact) mass is 285 g/mol. The van der Waals surface area contributed by atoms with Gasteiger partial charge in [-0.05, 0) is 56.5 Å². The molecule has 1 aliphatic carbocycles. The first-order valence-corrected chi connectivity index (χ1v) is 9.44. The molecule has 0 aromatic carbocycles. The van der Waals surface area contributed by atoms with Crippen LogP contribution in [0.3, 0.4) is 0 Å². The summed E-state index contributed by atoms with van der Waals surface area (Å²) >= 11 is 0. The van der Waals surface area contributed by atoms with Gasteiger partial charge in [-0.2, -0.15) is 0 Å². The van der Waals surface area contributed by atoms with Gasteiger partial charge in [0.2, 0.25) is 0 Å². The first-order chi connectivity index (χ1) is 8.76. The third kappa shape index (κ3) is 2.06. The second-order valence-corrected chi connectivity index (χ2v) is 10.1. The maximum atomic E-state index is 12.3. The second-order valence-electron chi connectivity index (χ2n) is 7.93. The molecule has 0 amide bonds. The predicted molar refractivity (Wildman–Crippen MR) is 77.9 cm³/mol. The molecule has 3 aliphatic rings. The number of nitrogens with zero attached hydrogens (tertiary/aromatic N) is 1. The van der Waals surface area contributed by atoms with Gasteiger partial charge in [0.15, 0.2) is 9.84 Å². The van der Waals surface area contributed by atoms with E-state index >= 15 is 0 Å². The lowest BCUT2D eigenvalue weighted by molar-refractivity contribution is 0.0341. The Morgan fingerprint density at radius 2 is 1.79 bits per heavy atom. The largest absolute Gasteiger partial charge is 0.295 e. The van der Waals surface area contributed by atoms with Gasteiger partial charge in [-0.15, -0.1) is 0 Å². The van der Waals surface area contributed by atoms with Crippen molar-refractivity contribution >= 4 is 9.84 Å². The van der Waals surface area contributed by atoms with Gasteiger partial charge < -0.3 is 0 Å². The molecule has 1 saturated carbocycles. The molecule has 0 unspecified atom stereocenters. The summed E-state index contributed by atoms with van der Waals surface area (Å²) in [5, 5.41) is -0.0731. The predicted octanol–water partition coefficient (Wildman–Crippen LogP) is 2.46. The summed E-state index contributed by atoms with van der Waals surface area (Å²) < 4.78 is 24.5. The molecule has 3 fully saturated rings. The zero-order valence-corrected chi connectivity index (χ0v) is 13.3. The average molecular weight is 285 g/mol. The van der Waals surface area contributed by atoms with Crippen LogP contribution in [-0.4, -0.2) is 42.9 Å². The van der Waals surface area contributed by atoms with Crippen molar-refractivity contribution in [2.75, 3.05) is 18.8 Å². The molecule has 3 nitrogen and oxygen atoms in total. The summed E-state index contributed by atoms with van der Waals surface area (Å²) in [6.45, 7) is 9.00. The fraction of sp³-hybridized carbons (Fsp3) is 1.00. The summed E-state index contributed by atoms with van der Waals surface area (Å²) in [5.74, 6) is 0.991. The normalized spacial score (nSPS) is 42.7. The summed E-state index contributed by atoms with van der Waals surface area (Å²) in [6.07, 6.45) is 5.68. The number of fused-ring (bicyclic) bond motifs is 1. The second kappa shape index (κ2) is 4.20. The van der Waals surface area contributed by atoms with Crippen LogP contribution in [0.2, 0.25) is 0 Å². The molecule has 0 radical (unpaired) electrons. The van der Waals surface area contributed by atoms with E-state index in [0.29, 0.717) is 11.7 Å². The first-order valence-electron chi connectivity index (χ1n) is 7.72. The highest BCUT2D eigenvalue weighted by atomic mass is 32.2. The van der Waals surface area contributed by atoms with E-state index in [4.69, 9.17) is 0 Å². The van der Waals surface area contributed by atoms with E-state index in [9.17, 15) is 8.42 Å². The molecule has 0 aromatic heterocycles. The molecular weight excluding hydrogens is 258 g/mol. The van der Waals surface area contributed by atoms with Gasteiger partial charge in [0, 0.05) is 0 Å². The molecule has 2 heterocycles. The maximum absolute atomic E-state index is 12.3. The van der Waals surface area contributed by atoms with Gasteiger partial charge in [0.05, 0.1) is 16.5 Å². The van der Waals surface area contributed by atoms with Gasteiger partial charge in [-0.1, -0.05) is 20.8 Å². The summed E-state index contributed by atoms with van der Waals surface area (Å²) in [7, 11) is -2.81. The minimum atomic E-state index is -2.81. The van der Waals surface area contributed by atoms with E-state index in [1.165, 1.54) is 19.3 Å². The molecule has 3 rings (SSSR count). The van der Waals surface area contributed by atoms with Crippen molar-refractivity contribution in [3.8, 4) is 0 Å². The highest BCUT2D eigenvalue weighted by Crippen LogP contribution is 2.53. The van der Waals surface area contributed by atoms with Crippen LogP contribution < -0.4 is 0 Å². The van der Waals surface area contributed by atoms with Crippen LogP contribution in [0.4, 0.5) is 0 Å². The van der Waals surface area contributed by atoms with Crippen molar-refractivity contribution in [2.24, 2.45) is 11.3 Å². The van der Waals surface area contributed by atoms with E-state index in [-0.39, 0.29) is 16.2 Å². The SMILES string of the molecule is CC(C)(C)[C@H]1CC[C@]2(N3CCCC3)CS(=O)(=O)[C@@H]2C1. The Balaban J connectivity index is 1.85. The van der Waals surface area contributed by atoms with Gasteiger partial charge in [-0.3, -0.25) is 4.90 Å². The smallest absolute Gasteiger partial charge is 0.156 e. The molecule has 4 heteroatoms. The van der Waals surface area contributed by atoms with Crippen LogP contribution in [0.5, 0.6) is 0 Å². The molecule has 3 atom stereocenters. The highest BCUT2D eigenvalue weighted by molar-refractivity contribution is 7.93. The van der Waals surface area contributed by atoms with Gasteiger partial charge >= 0.3 is 0 Å². The lowest BCUT2D eigenvalue weighted by atomic mass is 9.66. The molecule has 0 aromatic rings. The van der Waals surface area contributed by atoms with Gasteiger partial charge in [0.25, 0.3) is 0 Å². The summed E-state index contributed by atoms with van der Waals surface area (Å²) in [6, 6.07) is 0. The van der Waals surface area contributed by atoms with Gasteiger partial charge in [-0.25, -0.2) is 8.42 Å². The maximum Gasteiger partial charge on any atom is 0.156 e. The van der Waals surface area contributed by atoms with Crippen molar-refractivity contribution in [1.29, 1.82) is 0 Å². The lowest BCUT2D eigenvalue weighted by Gasteiger charge is -2.59. The van der Waals surface area contributed by atoms with Gasteiger partial charge in [0.1, 0.15) is 0 Å². The van der Waals surface area contributed by atoms with Crippen LogP contribution in [-0.2, 0) is 9.84 Å². The van der Waals surface area contributed by atoms with E-state index in [0.717, 1.165) is 25.9 Å². The van der Waals surface area contributed by atoms with Crippen LogP contribution in [0.15, 0.2) is 0 Å². The molecule has 0 spiro atoms. The zero-order chi connectivity index (χ0) is 13.9. The zero-order valence-electron chi connectivity index (χ0n) is 12.5. The Hall–Kier alpha value is -0.0900. The Morgan fingerprint density at radius 3 is 2.32 bits per heavy atom. The quantitative estimate of drug-likeness (QED) is 0.743. The van der Waals surface area contributed by atoms with Crippen molar-refractivity contribution in [3.05, 3.63) is 0 Å². The molecule has 110 valence electrons. The van der Waals surface area contributed by atoms with Crippen molar-refractivity contribution in [1.82, 2.24) is 4.90 Å². The van der Waals surface area contributed by atoms with Crippen LogP contribution in [0, 0.1) is 11.3 Å². The topological polar surface area (TPSA) is 37.4 Å². The molecule has 19 heavy (non-hydrogen) atoms. The Labute approximate surface area is 117 Å². The van der Waals surface area contributed by atoms with E-state index in [1.54, 1.807) is 0 Å². The van der Waals surface area contributed by atoms with E-state index in [1.807, 2.05) is 0 Å². The minimum Gasteiger partial charge on any atom is -0.295 e.